The first-order chi connectivity index (χ1) is 10.5. The number of sulfonamides is 1. The largest absolute Gasteiger partial charge is 0.355 e. The van der Waals surface area contributed by atoms with Crippen molar-refractivity contribution < 1.29 is 8.42 Å². The van der Waals surface area contributed by atoms with Gasteiger partial charge in [0.25, 0.3) is 0 Å². The van der Waals surface area contributed by atoms with Gasteiger partial charge in [0.15, 0.2) is 5.96 Å². The topological polar surface area (TPSA) is 85.8 Å². The van der Waals surface area contributed by atoms with Gasteiger partial charge in [-0.1, -0.05) is 13.3 Å². The number of guanidine groups is 1. The fourth-order valence-corrected chi connectivity index (χ4v) is 3.25. The summed E-state index contributed by atoms with van der Waals surface area (Å²) in [5.41, 5.74) is 0. The van der Waals surface area contributed by atoms with Crippen molar-refractivity contribution in [1.82, 2.24) is 20.3 Å². The van der Waals surface area contributed by atoms with Crippen molar-refractivity contribution in [3.63, 3.8) is 0 Å². The van der Waals surface area contributed by atoms with Crippen molar-refractivity contribution in [2.75, 3.05) is 46.0 Å². The Balaban J connectivity index is 0.00000484. The Hall–Kier alpha value is -0.130. The van der Waals surface area contributed by atoms with Crippen LogP contribution in [0, 0.1) is 0 Å². The van der Waals surface area contributed by atoms with Crippen LogP contribution in [-0.2, 0) is 10.0 Å². The molecule has 138 valence electrons. The predicted molar refractivity (Wildman–Crippen MR) is 107 cm³/mol. The van der Waals surface area contributed by atoms with Crippen LogP contribution in [0.5, 0.6) is 0 Å². The Morgan fingerprint density at radius 2 is 1.91 bits per heavy atom. The molecule has 0 aliphatic carbocycles. The Bertz CT molecular complexity index is 444. The molecule has 0 bridgehead atoms. The molecule has 1 rings (SSSR count). The third-order valence-corrected chi connectivity index (χ3v) is 4.65. The van der Waals surface area contributed by atoms with Gasteiger partial charge in [-0.25, -0.2) is 13.1 Å². The van der Waals surface area contributed by atoms with Crippen LogP contribution in [-0.4, -0.2) is 71.3 Å². The lowest BCUT2D eigenvalue weighted by Gasteiger charge is -2.35. The van der Waals surface area contributed by atoms with Crippen molar-refractivity contribution in [1.29, 1.82) is 0 Å². The normalized spacial score (nSPS) is 20.0. The fourth-order valence-electron chi connectivity index (χ4n) is 2.77. The summed E-state index contributed by atoms with van der Waals surface area (Å²) in [6, 6.07) is 0.712. The van der Waals surface area contributed by atoms with Crippen LogP contribution in [0.3, 0.4) is 0 Å². The summed E-state index contributed by atoms with van der Waals surface area (Å²) in [7, 11) is -1.41. The molecule has 1 heterocycles. The zero-order chi connectivity index (χ0) is 16.4. The van der Waals surface area contributed by atoms with E-state index in [1.807, 2.05) is 0 Å². The first-order valence-electron chi connectivity index (χ1n) is 8.09. The Kier molecular flexibility index (Phi) is 12.2. The lowest BCUT2D eigenvalue weighted by molar-refractivity contribution is 0.147. The maximum absolute atomic E-state index is 11.0. The van der Waals surface area contributed by atoms with E-state index in [-0.39, 0.29) is 24.0 Å². The van der Waals surface area contributed by atoms with Crippen LogP contribution in [0.2, 0.25) is 0 Å². The average Bonchev–Trinajstić information content (AvgIpc) is 2.49. The van der Waals surface area contributed by atoms with Gasteiger partial charge in [0.1, 0.15) is 0 Å². The summed E-state index contributed by atoms with van der Waals surface area (Å²) in [4.78, 5) is 6.69. The molecule has 0 spiro atoms. The molecule has 1 aliphatic heterocycles. The van der Waals surface area contributed by atoms with Crippen LogP contribution < -0.4 is 15.4 Å². The molecule has 3 N–H and O–H groups in total. The number of likely N-dealkylation sites (tertiary alicyclic amines) is 1. The molecule has 0 radical (unpaired) electrons. The Morgan fingerprint density at radius 1 is 1.22 bits per heavy atom. The first-order valence-corrected chi connectivity index (χ1v) is 9.98. The zero-order valence-corrected chi connectivity index (χ0v) is 17.6. The highest BCUT2D eigenvalue weighted by Crippen LogP contribution is 2.18. The molecule has 1 aliphatic rings. The summed E-state index contributed by atoms with van der Waals surface area (Å²) in [6.07, 6.45) is 6.31. The molecule has 0 amide bonds. The molecule has 1 saturated heterocycles. The number of nitrogens with zero attached hydrogens (tertiary/aromatic N) is 2. The van der Waals surface area contributed by atoms with Crippen molar-refractivity contribution in [3.8, 4) is 0 Å². The Labute approximate surface area is 158 Å². The average molecular weight is 461 g/mol. The van der Waals surface area contributed by atoms with Gasteiger partial charge in [-0.3, -0.25) is 9.89 Å². The van der Waals surface area contributed by atoms with E-state index in [1.165, 1.54) is 32.2 Å². The van der Waals surface area contributed by atoms with E-state index in [2.05, 4.69) is 32.2 Å². The van der Waals surface area contributed by atoms with Crippen LogP contribution in [0.4, 0.5) is 0 Å². The number of nitrogens with one attached hydrogen (secondary N) is 3. The fraction of sp³-hybridized carbons (Fsp3) is 0.929. The van der Waals surface area contributed by atoms with E-state index in [0.717, 1.165) is 19.3 Å². The minimum absolute atomic E-state index is 0. The maximum atomic E-state index is 11.0. The monoisotopic (exact) mass is 461 g/mol. The standard InChI is InChI=1S/C14H31N5O2S.HI/c1-4-13-7-5-6-11-19(13)12-10-17-14(15-2)16-8-9-18-22(3,20)21;/h13,18H,4-12H2,1-3H3,(H2,15,16,17);1H. The molecule has 0 saturated carbocycles. The highest BCUT2D eigenvalue weighted by molar-refractivity contribution is 14.0. The van der Waals surface area contributed by atoms with E-state index < -0.39 is 10.0 Å². The van der Waals surface area contributed by atoms with Gasteiger partial charge in [-0.2, -0.15) is 0 Å². The minimum Gasteiger partial charge on any atom is -0.355 e. The smallest absolute Gasteiger partial charge is 0.208 e. The predicted octanol–water partition coefficient (Wildman–Crippen LogP) is 0.583. The first kappa shape index (κ1) is 22.9. The van der Waals surface area contributed by atoms with Gasteiger partial charge in [0, 0.05) is 39.3 Å². The van der Waals surface area contributed by atoms with Crippen molar-refractivity contribution >= 4 is 40.0 Å². The molecule has 0 aromatic carbocycles. The summed E-state index contributed by atoms with van der Waals surface area (Å²) in [5, 5.41) is 6.38. The van der Waals surface area contributed by atoms with Gasteiger partial charge >= 0.3 is 0 Å². The van der Waals surface area contributed by atoms with Crippen LogP contribution >= 0.6 is 24.0 Å². The molecule has 1 unspecified atom stereocenters. The highest BCUT2D eigenvalue weighted by atomic mass is 127. The summed E-state index contributed by atoms with van der Waals surface area (Å²) < 4.78 is 24.4. The number of aliphatic imine (C=N–C) groups is 1. The van der Waals surface area contributed by atoms with E-state index >= 15 is 0 Å². The second-order valence-electron chi connectivity index (χ2n) is 5.69. The molecule has 0 aromatic rings. The second-order valence-corrected chi connectivity index (χ2v) is 7.52. The Morgan fingerprint density at radius 3 is 2.52 bits per heavy atom. The number of hydrogen-bond acceptors (Lipinski definition) is 4. The van der Waals surface area contributed by atoms with Crippen LogP contribution in [0.15, 0.2) is 4.99 Å². The third-order valence-electron chi connectivity index (χ3n) is 3.92. The van der Waals surface area contributed by atoms with E-state index in [0.29, 0.717) is 25.1 Å². The van der Waals surface area contributed by atoms with Gasteiger partial charge in [0.05, 0.1) is 6.26 Å². The summed E-state index contributed by atoms with van der Waals surface area (Å²) in [6.45, 7) is 6.16. The SMILES string of the molecule is CCC1CCCCN1CCNC(=NC)NCCNS(C)(=O)=O.I. The van der Waals surface area contributed by atoms with Crippen molar-refractivity contribution in [2.45, 2.75) is 38.6 Å². The van der Waals surface area contributed by atoms with Gasteiger partial charge < -0.3 is 10.6 Å². The second kappa shape index (κ2) is 12.3. The van der Waals surface area contributed by atoms with Crippen LogP contribution in [0.25, 0.3) is 0 Å². The van der Waals surface area contributed by atoms with E-state index in [4.69, 9.17) is 0 Å². The quantitative estimate of drug-likeness (QED) is 0.213. The molecule has 0 aromatic heterocycles. The summed E-state index contributed by atoms with van der Waals surface area (Å²) >= 11 is 0. The molecule has 9 heteroatoms. The highest BCUT2D eigenvalue weighted by Gasteiger charge is 2.19. The number of halogens is 1. The third kappa shape index (κ3) is 10.4. The molecule has 1 atom stereocenters. The number of rotatable bonds is 8. The lowest BCUT2D eigenvalue weighted by atomic mass is 10.0. The minimum atomic E-state index is -3.13. The molecule has 23 heavy (non-hydrogen) atoms. The number of piperidine rings is 1. The molecule has 1 fully saturated rings. The number of hydrogen-bond donors (Lipinski definition) is 3. The van der Waals surface area contributed by atoms with Crippen LogP contribution in [0.1, 0.15) is 32.6 Å². The molecule has 7 nitrogen and oxygen atoms in total. The van der Waals surface area contributed by atoms with Crippen molar-refractivity contribution in [2.24, 2.45) is 4.99 Å². The zero-order valence-electron chi connectivity index (χ0n) is 14.5. The molecular weight excluding hydrogens is 429 g/mol. The van der Waals surface area contributed by atoms with Gasteiger partial charge in [-0.05, 0) is 25.8 Å². The van der Waals surface area contributed by atoms with E-state index in [1.54, 1.807) is 7.05 Å². The summed E-state index contributed by atoms with van der Waals surface area (Å²) in [5.74, 6) is 0.709. The van der Waals surface area contributed by atoms with Crippen molar-refractivity contribution in [3.05, 3.63) is 0 Å². The van der Waals surface area contributed by atoms with Gasteiger partial charge in [0.2, 0.25) is 10.0 Å². The maximum Gasteiger partial charge on any atom is 0.208 e. The van der Waals surface area contributed by atoms with Gasteiger partial charge in [-0.15, -0.1) is 24.0 Å². The lowest BCUT2D eigenvalue weighted by Crippen LogP contribution is -2.46. The van der Waals surface area contributed by atoms with E-state index in [9.17, 15) is 8.42 Å². The molecular formula is C14H32IN5O2S.